The van der Waals surface area contributed by atoms with Crippen LogP contribution in [0, 0.1) is 0 Å². The van der Waals surface area contributed by atoms with Gasteiger partial charge in [-0.2, -0.15) is 8.61 Å². The van der Waals surface area contributed by atoms with Crippen LogP contribution < -0.4 is 0 Å². The molecule has 1 aromatic carbocycles. The summed E-state index contributed by atoms with van der Waals surface area (Å²) in [6, 6.07) is 5.67. The fraction of sp³-hybridized carbons (Fsp3) is 0.684. The van der Waals surface area contributed by atoms with Crippen LogP contribution in [-0.4, -0.2) is 50.6 Å². The fourth-order valence-electron chi connectivity index (χ4n) is 4.21. The molecule has 6 nitrogen and oxygen atoms in total. The van der Waals surface area contributed by atoms with Gasteiger partial charge in [-0.15, -0.1) is 0 Å². The van der Waals surface area contributed by atoms with Gasteiger partial charge in [-0.05, 0) is 63.8 Å². The number of hydrogen-bond donors (Lipinski definition) is 0. The number of rotatable bonds is 4. The Labute approximate surface area is 163 Å². The summed E-state index contributed by atoms with van der Waals surface area (Å²) in [7, 11) is -7.20. The van der Waals surface area contributed by atoms with Gasteiger partial charge < -0.3 is 0 Å². The Hall–Kier alpha value is -0.960. The summed E-state index contributed by atoms with van der Waals surface area (Å²) in [5, 5.41) is 0. The van der Waals surface area contributed by atoms with Gasteiger partial charge in [-0.1, -0.05) is 19.3 Å². The predicted octanol–water partition coefficient (Wildman–Crippen LogP) is 3.20. The fourth-order valence-corrected chi connectivity index (χ4v) is 7.61. The van der Waals surface area contributed by atoms with Crippen molar-refractivity contribution in [1.82, 2.24) is 8.61 Å². The molecule has 152 valence electrons. The minimum atomic E-state index is -3.63. The Morgan fingerprint density at radius 2 is 1.15 bits per heavy atom. The molecule has 0 aromatic heterocycles. The van der Waals surface area contributed by atoms with E-state index < -0.39 is 20.0 Å². The highest BCUT2D eigenvalue weighted by molar-refractivity contribution is 7.89. The van der Waals surface area contributed by atoms with E-state index >= 15 is 0 Å². The van der Waals surface area contributed by atoms with Crippen LogP contribution in [0.25, 0.3) is 0 Å². The Bertz CT molecular complexity index is 832. The van der Waals surface area contributed by atoms with E-state index in [-0.39, 0.29) is 21.9 Å². The molecule has 27 heavy (non-hydrogen) atoms. The second-order valence-electron chi connectivity index (χ2n) is 7.75. The van der Waals surface area contributed by atoms with Gasteiger partial charge in [-0.3, -0.25) is 0 Å². The summed E-state index contributed by atoms with van der Waals surface area (Å²) >= 11 is 0. The number of benzene rings is 1. The minimum Gasteiger partial charge on any atom is -0.207 e. The topological polar surface area (TPSA) is 74.8 Å². The molecule has 0 saturated carbocycles. The lowest BCUT2D eigenvalue weighted by molar-refractivity contribution is 0.204. The number of hydrogen-bond acceptors (Lipinski definition) is 4. The Balaban J connectivity index is 1.86. The monoisotopic (exact) mass is 414 g/mol. The summed E-state index contributed by atoms with van der Waals surface area (Å²) in [5.74, 6) is 0. The van der Waals surface area contributed by atoms with Gasteiger partial charge >= 0.3 is 0 Å². The quantitative estimate of drug-likeness (QED) is 0.758. The van der Waals surface area contributed by atoms with Crippen molar-refractivity contribution in [1.29, 1.82) is 0 Å². The largest absolute Gasteiger partial charge is 0.243 e. The van der Waals surface area contributed by atoms with Crippen molar-refractivity contribution >= 4 is 20.0 Å². The van der Waals surface area contributed by atoms with Gasteiger partial charge in [0.15, 0.2) is 0 Å². The van der Waals surface area contributed by atoms with Crippen LogP contribution in [0.2, 0.25) is 0 Å². The lowest BCUT2D eigenvalue weighted by Crippen LogP contribution is -2.47. The van der Waals surface area contributed by atoms with E-state index in [9.17, 15) is 16.8 Å². The molecule has 0 unspecified atom stereocenters. The predicted molar refractivity (Wildman–Crippen MR) is 105 cm³/mol. The molecule has 0 bridgehead atoms. The van der Waals surface area contributed by atoms with Crippen LogP contribution in [0.5, 0.6) is 0 Å². The molecule has 2 fully saturated rings. The van der Waals surface area contributed by atoms with Gasteiger partial charge in [0.25, 0.3) is 0 Å². The van der Waals surface area contributed by atoms with Gasteiger partial charge in [0.1, 0.15) is 0 Å². The molecule has 0 N–H and O–H groups in total. The van der Waals surface area contributed by atoms with Crippen LogP contribution in [0.4, 0.5) is 0 Å². The molecule has 2 saturated heterocycles. The minimum absolute atomic E-state index is 0.0424. The molecule has 0 aliphatic carbocycles. The number of sulfonamides is 2. The van der Waals surface area contributed by atoms with Crippen molar-refractivity contribution in [3.8, 4) is 0 Å². The first kappa shape index (κ1) is 20.8. The average Bonchev–Trinajstić information content (AvgIpc) is 2.91. The highest BCUT2D eigenvalue weighted by Gasteiger charge is 2.36. The van der Waals surface area contributed by atoms with E-state index in [2.05, 4.69) is 0 Å². The molecule has 2 heterocycles. The molecule has 0 spiro atoms. The first-order valence-electron chi connectivity index (χ1n) is 9.88. The molecule has 2 atom stereocenters. The molecule has 3 rings (SSSR count). The molecule has 8 heteroatoms. The van der Waals surface area contributed by atoms with Crippen molar-refractivity contribution in [2.24, 2.45) is 0 Å². The van der Waals surface area contributed by atoms with E-state index in [1.54, 1.807) is 4.31 Å². The Kier molecular flexibility index (Phi) is 6.30. The summed E-state index contributed by atoms with van der Waals surface area (Å²) < 4.78 is 55.0. The summed E-state index contributed by atoms with van der Waals surface area (Å²) in [5.41, 5.74) is 0. The zero-order valence-electron chi connectivity index (χ0n) is 16.2. The van der Waals surface area contributed by atoms with E-state index in [0.717, 1.165) is 44.9 Å². The van der Waals surface area contributed by atoms with Crippen molar-refractivity contribution in [2.45, 2.75) is 80.7 Å². The van der Waals surface area contributed by atoms with Crippen LogP contribution in [0.3, 0.4) is 0 Å². The van der Waals surface area contributed by atoms with Gasteiger partial charge in [0.2, 0.25) is 20.0 Å². The van der Waals surface area contributed by atoms with Crippen LogP contribution >= 0.6 is 0 Å². The van der Waals surface area contributed by atoms with Crippen molar-refractivity contribution < 1.29 is 16.8 Å². The van der Waals surface area contributed by atoms with E-state index in [1.165, 1.54) is 28.6 Å². The van der Waals surface area contributed by atoms with Crippen LogP contribution in [-0.2, 0) is 20.0 Å². The van der Waals surface area contributed by atoms with Gasteiger partial charge in [0, 0.05) is 25.2 Å². The summed E-state index contributed by atoms with van der Waals surface area (Å²) in [6.45, 7) is 4.94. The molecule has 1 aromatic rings. The number of piperidine rings is 1. The maximum absolute atomic E-state index is 13.1. The zero-order valence-corrected chi connectivity index (χ0v) is 17.8. The van der Waals surface area contributed by atoms with Gasteiger partial charge in [-0.25, -0.2) is 16.8 Å². The maximum atomic E-state index is 13.1. The lowest BCUT2D eigenvalue weighted by Gasteiger charge is -2.37. The van der Waals surface area contributed by atoms with Gasteiger partial charge in [0.05, 0.1) is 9.79 Å². The highest BCUT2D eigenvalue weighted by Crippen LogP contribution is 2.30. The molecule has 2 aliphatic rings. The smallest absolute Gasteiger partial charge is 0.207 e. The third-order valence-electron chi connectivity index (χ3n) is 5.71. The molecular formula is C19H30N2O4S2. The van der Waals surface area contributed by atoms with Crippen molar-refractivity contribution in [3.05, 3.63) is 24.3 Å². The first-order valence-corrected chi connectivity index (χ1v) is 12.8. The second-order valence-corrected chi connectivity index (χ2v) is 11.5. The van der Waals surface area contributed by atoms with Crippen LogP contribution in [0.15, 0.2) is 34.1 Å². The highest BCUT2D eigenvalue weighted by atomic mass is 32.2. The van der Waals surface area contributed by atoms with Crippen molar-refractivity contribution in [3.63, 3.8) is 0 Å². The molecular weight excluding hydrogens is 384 g/mol. The molecule has 0 radical (unpaired) electrons. The second kappa shape index (κ2) is 8.19. The Morgan fingerprint density at radius 1 is 0.704 bits per heavy atom. The average molecular weight is 415 g/mol. The van der Waals surface area contributed by atoms with E-state index in [0.29, 0.717) is 13.1 Å². The normalized spacial score (nSPS) is 26.6. The first-order chi connectivity index (χ1) is 12.7. The zero-order chi connectivity index (χ0) is 19.7. The van der Waals surface area contributed by atoms with E-state index in [1.807, 2.05) is 13.8 Å². The Morgan fingerprint density at radius 3 is 1.63 bits per heavy atom. The standard InChI is InChI=1S/C19H30N2O4S2/c1-16-8-7-9-17(2)21(16)27(24,25)19-12-10-18(11-13-19)26(22,23)20-14-5-3-4-6-15-20/h10-13,16-17H,3-9,14-15H2,1-2H3/t16-,17-/m0/s1. The number of nitrogens with zero attached hydrogens (tertiary/aromatic N) is 2. The van der Waals surface area contributed by atoms with E-state index in [4.69, 9.17) is 0 Å². The summed E-state index contributed by atoms with van der Waals surface area (Å²) in [4.78, 5) is 0.334. The third kappa shape index (κ3) is 4.23. The summed E-state index contributed by atoms with van der Waals surface area (Å²) in [6.07, 6.45) is 6.58. The SMILES string of the molecule is C[C@H]1CCC[C@H](C)N1S(=O)(=O)c1ccc(S(=O)(=O)N2CCCCCC2)cc1. The van der Waals surface area contributed by atoms with Crippen LogP contribution in [0.1, 0.15) is 58.8 Å². The molecule has 0 amide bonds. The van der Waals surface area contributed by atoms with Crippen molar-refractivity contribution in [2.75, 3.05) is 13.1 Å². The maximum Gasteiger partial charge on any atom is 0.243 e. The third-order valence-corrected chi connectivity index (χ3v) is 9.77. The molecule has 2 aliphatic heterocycles. The lowest BCUT2D eigenvalue weighted by atomic mass is 10.0.